The molecule has 60 heavy (non-hydrogen) atoms. The van der Waals surface area contributed by atoms with E-state index in [2.05, 4.69) is 200 Å². The van der Waals surface area contributed by atoms with Gasteiger partial charge >= 0.3 is 0 Å². The molecule has 0 amide bonds. The normalized spacial score (nSPS) is 13.0. The highest BCUT2D eigenvalue weighted by Gasteiger charge is 2.45. The molecule has 10 aromatic rings. The van der Waals surface area contributed by atoms with E-state index in [0.717, 1.165) is 19.3 Å². The molecular formula is C56H43BN2S. The van der Waals surface area contributed by atoms with Gasteiger partial charge < -0.3 is 9.80 Å². The third-order valence-corrected chi connectivity index (χ3v) is 14.6. The highest BCUT2D eigenvalue weighted by Crippen LogP contribution is 2.48. The van der Waals surface area contributed by atoms with Crippen LogP contribution in [0.2, 0.25) is 0 Å². The van der Waals surface area contributed by atoms with Crippen molar-refractivity contribution in [3.05, 3.63) is 187 Å². The molecule has 0 N–H and O–H groups in total. The van der Waals surface area contributed by atoms with Crippen molar-refractivity contribution < 1.29 is 0 Å². The summed E-state index contributed by atoms with van der Waals surface area (Å²) in [5, 5.41) is 9.16. The van der Waals surface area contributed by atoms with Crippen LogP contribution in [0.15, 0.2) is 170 Å². The average Bonchev–Trinajstić information content (AvgIpc) is 3.69. The lowest BCUT2D eigenvalue weighted by Crippen LogP contribution is -2.60. The average molecular weight is 787 g/mol. The van der Waals surface area contributed by atoms with Crippen molar-refractivity contribution >= 4 is 110 Å². The van der Waals surface area contributed by atoms with E-state index >= 15 is 0 Å². The summed E-state index contributed by atoms with van der Waals surface area (Å²) in [5.41, 5.74) is 16.8. The van der Waals surface area contributed by atoms with E-state index in [9.17, 15) is 0 Å². The van der Waals surface area contributed by atoms with Crippen molar-refractivity contribution in [1.82, 2.24) is 0 Å². The third-order valence-electron chi connectivity index (χ3n) is 13.3. The Hall–Kier alpha value is -6.62. The van der Waals surface area contributed by atoms with Gasteiger partial charge in [-0.15, -0.1) is 11.3 Å². The van der Waals surface area contributed by atoms with E-state index in [1.54, 1.807) is 0 Å². The fourth-order valence-corrected chi connectivity index (χ4v) is 11.6. The predicted octanol–water partition coefficient (Wildman–Crippen LogP) is 13.8. The van der Waals surface area contributed by atoms with Gasteiger partial charge in [-0.25, -0.2) is 0 Å². The van der Waals surface area contributed by atoms with Gasteiger partial charge in [-0.3, -0.25) is 0 Å². The van der Waals surface area contributed by atoms with Crippen LogP contribution in [0.1, 0.15) is 37.5 Å². The molecule has 0 aliphatic carbocycles. The number of aryl methyl sites for hydroxylation is 3. The molecule has 0 saturated heterocycles. The van der Waals surface area contributed by atoms with Crippen LogP contribution >= 0.6 is 11.3 Å². The van der Waals surface area contributed by atoms with Gasteiger partial charge in [0.2, 0.25) is 0 Å². The van der Waals surface area contributed by atoms with Gasteiger partial charge in [0, 0.05) is 43.3 Å². The van der Waals surface area contributed by atoms with E-state index in [1.807, 2.05) is 11.3 Å². The summed E-state index contributed by atoms with van der Waals surface area (Å²) >= 11 is 1.98. The second-order valence-corrected chi connectivity index (χ2v) is 17.6. The van der Waals surface area contributed by atoms with Crippen LogP contribution in [0.4, 0.5) is 34.1 Å². The van der Waals surface area contributed by atoms with E-state index in [4.69, 9.17) is 0 Å². The lowest BCUT2D eigenvalue weighted by molar-refractivity contribution is 1.13. The van der Waals surface area contributed by atoms with Gasteiger partial charge in [-0.1, -0.05) is 130 Å². The Morgan fingerprint density at radius 1 is 0.417 bits per heavy atom. The standard InChI is InChI=1S/C56H43BN2S/c1-4-35-18-25-41(26-19-35)59-51-17-11-16-50-54(51)57(56-55(59)48-32-36(5-2)21-31-53(48)60-56)49-30-20-37(6-3)33-52(49)58(50)40-27-22-38(23-28-40)39-24-29-46-44-14-8-7-12-42(44)43-13-9-10-15-45(43)47(46)34-39/h7-34H,4-6H2,1-3H3. The minimum Gasteiger partial charge on any atom is -0.311 e. The molecule has 9 aromatic carbocycles. The number of hydrogen-bond acceptors (Lipinski definition) is 3. The maximum absolute atomic E-state index is 2.57. The molecule has 2 aliphatic rings. The summed E-state index contributed by atoms with van der Waals surface area (Å²) in [4.78, 5) is 5.11. The Morgan fingerprint density at radius 2 is 0.967 bits per heavy atom. The lowest BCUT2D eigenvalue weighted by atomic mass is 9.36. The van der Waals surface area contributed by atoms with Crippen molar-refractivity contribution in [2.24, 2.45) is 0 Å². The maximum Gasteiger partial charge on any atom is 0.264 e. The number of nitrogens with zero attached hydrogens (tertiary/aromatic N) is 2. The van der Waals surface area contributed by atoms with Crippen LogP contribution in [0.5, 0.6) is 0 Å². The summed E-state index contributed by atoms with van der Waals surface area (Å²) in [6.07, 6.45) is 3.02. The van der Waals surface area contributed by atoms with Crippen LogP contribution in [-0.2, 0) is 19.3 Å². The number of thiophene rings is 1. The highest BCUT2D eigenvalue weighted by atomic mass is 32.1. The smallest absolute Gasteiger partial charge is 0.264 e. The quantitative estimate of drug-likeness (QED) is 0.122. The molecule has 2 nitrogen and oxygen atoms in total. The molecule has 12 rings (SSSR count). The molecular weight excluding hydrogens is 744 g/mol. The third kappa shape index (κ3) is 5.20. The second-order valence-electron chi connectivity index (χ2n) is 16.5. The van der Waals surface area contributed by atoms with E-state index in [0.29, 0.717) is 0 Å². The molecule has 0 atom stereocenters. The van der Waals surface area contributed by atoms with Crippen LogP contribution in [0.3, 0.4) is 0 Å². The van der Waals surface area contributed by atoms with Gasteiger partial charge in [0.25, 0.3) is 6.71 Å². The van der Waals surface area contributed by atoms with Crippen LogP contribution in [-0.4, -0.2) is 6.71 Å². The van der Waals surface area contributed by atoms with Crippen molar-refractivity contribution in [2.75, 3.05) is 9.80 Å². The SMILES string of the molecule is CCc1ccc(N2c3cccc4c3B(c3ccc(CC)cc3N4c3ccc(-c4ccc5c6ccccc6c6ccccc6c5c4)cc3)c3sc4ccc(CC)cc4c32)cc1. The molecule has 286 valence electrons. The van der Waals surface area contributed by atoms with Gasteiger partial charge in [0.1, 0.15) is 0 Å². The number of rotatable bonds is 6. The highest BCUT2D eigenvalue weighted by molar-refractivity contribution is 7.33. The first-order chi connectivity index (χ1) is 29.6. The predicted molar refractivity (Wildman–Crippen MR) is 262 cm³/mol. The zero-order valence-electron chi connectivity index (χ0n) is 34.2. The molecule has 4 heteroatoms. The van der Waals surface area contributed by atoms with Crippen molar-refractivity contribution in [1.29, 1.82) is 0 Å². The number of benzene rings is 9. The second kappa shape index (κ2) is 13.7. The van der Waals surface area contributed by atoms with E-state index < -0.39 is 0 Å². The molecule has 3 heterocycles. The Kier molecular flexibility index (Phi) is 8.08. The van der Waals surface area contributed by atoms with Crippen LogP contribution < -0.4 is 25.5 Å². The Labute approximate surface area is 356 Å². The molecule has 2 aliphatic heterocycles. The molecule has 0 saturated carbocycles. The number of hydrogen-bond donors (Lipinski definition) is 0. The van der Waals surface area contributed by atoms with Gasteiger partial charge in [-0.2, -0.15) is 0 Å². The van der Waals surface area contributed by atoms with Gasteiger partial charge in [0.05, 0.1) is 5.69 Å². The summed E-state index contributed by atoms with van der Waals surface area (Å²) < 4.78 is 2.77. The zero-order valence-corrected chi connectivity index (χ0v) is 35.0. The summed E-state index contributed by atoms with van der Waals surface area (Å²) in [6, 6.07) is 64.6. The molecule has 0 spiro atoms. The summed E-state index contributed by atoms with van der Waals surface area (Å²) in [5.74, 6) is 0. The Morgan fingerprint density at radius 3 is 1.65 bits per heavy atom. The summed E-state index contributed by atoms with van der Waals surface area (Å²) in [7, 11) is 0. The van der Waals surface area contributed by atoms with Gasteiger partial charge in [-0.05, 0) is 151 Å². The maximum atomic E-state index is 2.57. The van der Waals surface area contributed by atoms with Crippen molar-refractivity contribution in [3.63, 3.8) is 0 Å². The van der Waals surface area contributed by atoms with Crippen LogP contribution in [0.25, 0.3) is 53.5 Å². The first-order valence-corrected chi connectivity index (χ1v) is 22.4. The minimum absolute atomic E-state index is 0.125. The molecule has 0 fully saturated rings. The lowest BCUT2D eigenvalue weighted by Gasteiger charge is -2.43. The zero-order chi connectivity index (χ0) is 40.1. The summed E-state index contributed by atoms with van der Waals surface area (Å²) in [6.45, 7) is 6.89. The van der Waals surface area contributed by atoms with Crippen LogP contribution in [0, 0.1) is 0 Å². The molecule has 0 radical (unpaired) electrons. The number of fused-ring (bicyclic) bond motifs is 12. The topological polar surface area (TPSA) is 6.48 Å². The molecule has 1 aromatic heterocycles. The first-order valence-electron chi connectivity index (χ1n) is 21.6. The Bertz CT molecular complexity index is 3310. The Balaban J connectivity index is 1.04. The van der Waals surface area contributed by atoms with E-state index in [1.165, 1.54) is 120 Å². The fourth-order valence-electron chi connectivity index (χ4n) is 10.3. The minimum atomic E-state index is 0.125. The van der Waals surface area contributed by atoms with Crippen molar-refractivity contribution in [3.8, 4) is 11.1 Å². The largest absolute Gasteiger partial charge is 0.311 e. The van der Waals surface area contributed by atoms with E-state index in [-0.39, 0.29) is 6.71 Å². The molecule has 0 bridgehead atoms. The monoisotopic (exact) mass is 786 g/mol. The van der Waals surface area contributed by atoms with Gasteiger partial charge in [0.15, 0.2) is 0 Å². The number of anilines is 6. The first kappa shape index (κ1) is 35.3. The molecule has 0 unspecified atom stereocenters. The fraction of sp³-hybridized carbons (Fsp3) is 0.107. The van der Waals surface area contributed by atoms with Crippen molar-refractivity contribution in [2.45, 2.75) is 40.0 Å².